The summed E-state index contributed by atoms with van der Waals surface area (Å²) >= 11 is 1.50. The van der Waals surface area contributed by atoms with Gasteiger partial charge in [-0.25, -0.2) is 4.98 Å². The molecule has 1 amide bonds. The average Bonchev–Trinajstić information content (AvgIpc) is 3.12. The fourth-order valence-corrected chi connectivity index (χ4v) is 3.12. The molecule has 0 radical (unpaired) electrons. The molecule has 6 heteroatoms. The SMILES string of the molecule is CCCCN(Cc1nccs1)C(=O)c1coc2ccccc2c1=O. The van der Waals surface area contributed by atoms with E-state index in [0.29, 0.717) is 24.1 Å². The molecule has 0 fully saturated rings. The Morgan fingerprint density at radius 1 is 1.33 bits per heavy atom. The molecule has 0 aliphatic rings. The Morgan fingerprint density at radius 3 is 2.92 bits per heavy atom. The smallest absolute Gasteiger partial charge is 0.261 e. The van der Waals surface area contributed by atoms with Gasteiger partial charge in [0.1, 0.15) is 22.4 Å². The summed E-state index contributed by atoms with van der Waals surface area (Å²) in [6, 6.07) is 6.95. The Kier molecular flexibility index (Phi) is 5.05. The quantitative estimate of drug-likeness (QED) is 0.685. The molecule has 1 aromatic carbocycles. The van der Waals surface area contributed by atoms with Crippen molar-refractivity contribution < 1.29 is 9.21 Å². The van der Waals surface area contributed by atoms with Crippen molar-refractivity contribution in [2.45, 2.75) is 26.3 Å². The Balaban J connectivity index is 1.94. The van der Waals surface area contributed by atoms with Gasteiger partial charge in [0.25, 0.3) is 5.91 Å². The van der Waals surface area contributed by atoms with E-state index in [1.165, 1.54) is 17.6 Å². The second-order valence-electron chi connectivity index (χ2n) is 5.48. The number of nitrogens with zero attached hydrogens (tertiary/aromatic N) is 2. The zero-order valence-corrected chi connectivity index (χ0v) is 14.2. The average molecular weight is 342 g/mol. The number of thiazole rings is 1. The molecule has 3 aromatic rings. The third-order valence-corrected chi connectivity index (χ3v) is 4.55. The van der Waals surface area contributed by atoms with Crippen LogP contribution in [0.5, 0.6) is 0 Å². The van der Waals surface area contributed by atoms with E-state index < -0.39 is 0 Å². The molecule has 124 valence electrons. The number of para-hydroxylation sites is 1. The Morgan fingerprint density at radius 2 is 2.17 bits per heavy atom. The lowest BCUT2D eigenvalue weighted by atomic mass is 10.1. The first kappa shape index (κ1) is 16.4. The van der Waals surface area contributed by atoms with Gasteiger partial charge >= 0.3 is 0 Å². The second kappa shape index (κ2) is 7.40. The molecule has 0 spiro atoms. The lowest BCUT2D eigenvalue weighted by molar-refractivity contribution is 0.0737. The maximum absolute atomic E-state index is 12.9. The van der Waals surface area contributed by atoms with Crippen molar-refractivity contribution in [3.05, 3.63) is 62.9 Å². The summed E-state index contributed by atoms with van der Waals surface area (Å²) < 4.78 is 5.47. The number of aromatic nitrogens is 1. The molecule has 2 heterocycles. The third kappa shape index (κ3) is 3.38. The van der Waals surface area contributed by atoms with Crippen LogP contribution in [0.15, 0.2) is 51.3 Å². The van der Waals surface area contributed by atoms with Gasteiger partial charge in [0, 0.05) is 18.1 Å². The number of fused-ring (bicyclic) bond motifs is 1. The summed E-state index contributed by atoms with van der Waals surface area (Å²) in [6.45, 7) is 3.06. The Bertz CT molecular complexity index is 887. The van der Waals surface area contributed by atoms with E-state index >= 15 is 0 Å². The topological polar surface area (TPSA) is 63.4 Å². The van der Waals surface area contributed by atoms with Crippen LogP contribution >= 0.6 is 11.3 Å². The Hall–Kier alpha value is -2.47. The van der Waals surface area contributed by atoms with Gasteiger partial charge in [0.2, 0.25) is 5.43 Å². The fraction of sp³-hybridized carbons (Fsp3) is 0.278. The van der Waals surface area contributed by atoms with Crippen molar-refractivity contribution in [1.29, 1.82) is 0 Å². The van der Waals surface area contributed by atoms with Crippen LogP contribution in [0.3, 0.4) is 0 Å². The van der Waals surface area contributed by atoms with E-state index in [0.717, 1.165) is 17.8 Å². The number of hydrogen-bond acceptors (Lipinski definition) is 5. The van der Waals surface area contributed by atoms with Crippen molar-refractivity contribution in [3.8, 4) is 0 Å². The summed E-state index contributed by atoms with van der Waals surface area (Å²) in [5, 5.41) is 3.15. The van der Waals surface area contributed by atoms with Crippen molar-refractivity contribution in [2.75, 3.05) is 6.54 Å². The lowest BCUT2D eigenvalue weighted by Gasteiger charge is -2.21. The van der Waals surface area contributed by atoms with Crippen molar-refractivity contribution in [2.24, 2.45) is 0 Å². The number of carbonyl (C=O) groups is 1. The third-order valence-electron chi connectivity index (χ3n) is 3.79. The van der Waals surface area contributed by atoms with Gasteiger partial charge in [-0.05, 0) is 18.6 Å². The number of hydrogen-bond donors (Lipinski definition) is 0. The molecule has 0 saturated carbocycles. The van der Waals surface area contributed by atoms with Gasteiger partial charge < -0.3 is 9.32 Å². The predicted molar refractivity (Wildman–Crippen MR) is 94.2 cm³/mol. The number of benzene rings is 1. The number of rotatable bonds is 6. The zero-order valence-electron chi connectivity index (χ0n) is 13.4. The maximum atomic E-state index is 12.9. The molecular formula is C18H18N2O3S. The first-order valence-electron chi connectivity index (χ1n) is 7.89. The second-order valence-corrected chi connectivity index (χ2v) is 6.46. The summed E-state index contributed by atoms with van der Waals surface area (Å²) in [5.41, 5.74) is 0.267. The fourth-order valence-electron chi connectivity index (χ4n) is 2.49. The molecular weight excluding hydrogens is 324 g/mol. The van der Waals surface area contributed by atoms with Crippen LogP contribution in [0.25, 0.3) is 11.0 Å². The standard InChI is InChI=1S/C18H18N2O3S/c1-2-3-9-20(11-16-19-8-10-24-16)18(22)14-12-23-15-7-5-4-6-13(15)17(14)21/h4-8,10,12H,2-3,9,11H2,1H3. The molecule has 0 atom stereocenters. The minimum atomic E-state index is -0.307. The molecule has 3 rings (SSSR count). The molecule has 5 nitrogen and oxygen atoms in total. The largest absolute Gasteiger partial charge is 0.463 e. The molecule has 0 aliphatic carbocycles. The van der Waals surface area contributed by atoms with Crippen molar-refractivity contribution >= 4 is 28.2 Å². The van der Waals surface area contributed by atoms with Crippen LogP contribution in [0.2, 0.25) is 0 Å². The Labute approximate surface area is 143 Å². The first-order chi connectivity index (χ1) is 11.7. The van der Waals surface area contributed by atoms with Gasteiger partial charge in [-0.1, -0.05) is 25.5 Å². The van der Waals surface area contributed by atoms with Crippen LogP contribution in [-0.4, -0.2) is 22.3 Å². The number of carbonyl (C=O) groups excluding carboxylic acids is 1. The van der Waals surface area contributed by atoms with Crippen LogP contribution in [0, 0.1) is 0 Å². The molecule has 24 heavy (non-hydrogen) atoms. The minimum absolute atomic E-state index is 0.0707. The number of amides is 1. The summed E-state index contributed by atoms with van der Waals surface area (Å²) in [6.07, 6.45) is 4.82. The molecule has 0 N–H and O–H groups in total. The highest BCUT2D eigenvalue weighted by Gasteiger charge is 2.21. The van der Waals surface area contributed by atoms with Crippen LogP contribution < -0.4 is 5.43 Å². The summed E-state index contributed by atoms with van der Waals surface area (Å²) in [7, 11) is 0. The molecule has 0 unspecified atom stereocenters. The van der Waals surface area contributed by atoms with E-state index in [-0.39, 0.29) is 16.9 Å². The van der Waals surface area contributed by atoms with E-state index in [4.69, 9.17) is 4.42 Å². The maximum Gasteiger partial charge on any atom is 0.261 e. The van der Waals surface area contributed by atoms with Crippen LogP contribution in [0.1, 0.15) is 35.1 Å². The van der Waals surface area contributed by atoms with Gasteiger partial charge in [-0.2, -0.15) is 0 Å². The number of unbranched alkanes of at least 4 members (excludes halogenated alkanes) is 1. The van der Waals surface area contributed by atoms with Crippen LogP contribution in [0.4, 0.5) is 0 Å². The molecule has 2 aromatic heterocycles. The van der Waals surface area contributed by atoms with Crippen molar-refractivity contribution in [3.63, 3.8) is 0 Å². The normalized spacial score (nSPS) is 10.9. The summed E-state index contributed by atoms with van der Waals surface area (Å²) in [4.78, 5) is 31.4. The predicted octanol–water partition coefficient (Wildman–Crippen LogP) is 3.69. The molecule has 0 bridgehead atoms. The highest BCUT2D eigenvalue weighted by molar-refractivity contribution is 7.09. The van der Waals surface area contributed by atoms with Gasteiger partial charge in [0.05, 0.1) is 11.9 Å². The first-order valence-corrected chi connectivity index (χ1v) is 8.77. The molecule has 0 saturated heterocycles. The minimum Gasteiger partial charge on any atom is -0.463 e. The summed E-state index contributed by atoms with van der Waals surface area (Å²) in [5.74, 6) is -0.307. The highest BCUT2D eigenvalue weighted by atomic mass is 32.1. The monoisotopic (exact) mass is 342 g/mol. The van der Waals surface area contributed by atoms with E-state index in [1.54, 1.807) is 35.4 Å². The molecule has 0 aliphatic heterocycles. The highest BCUT2D eigenvalue weighted by Crippen LogP contribution is 2.15. The zero-order chi connectivity index (χ0) is 16.9. The van der Waals surface area contributed by atoms with Crippen LogP contribution in [-0.2, 0) is 6.54 Å². The van der Waals surface area contributed by atoms with Gasteiger partial charge in [-0.3, -0.25) is 9.59 Å². The van der Waals surface area contributed by atoms with E-state index in [9.17, 15) is 9.59 Å². The van der Waals surface area contributed by atoms with Gasteiger partial charge in [0.15, 0.2) is 0 Å². The van der Waals surface area contributed by atoms with Crippen molar-refractivity contribution in [1.82, 2.24) is 9.88 Å². The lowest BCUT2D eigenvalue weighted by Crippen LogP contribution is -2.34. The van der Waals surface area contributed by atoms with E-state index in [1.807, 2.05) is 5.38 Å². The van der Waals surface area contributed by atoms with E-state index in [2.05, 4.69) is 11.9 Å². The van der Waals surface area contributed by atoms with Gasteiger partial charge in [-0.15, -0.1) is 11.3 Å².